The third-order valence-corrected chi connectivity index (χ3v) is 3.95. The zero-order valence-corrected chi connectivity index (χ0v) is 11.9. The summed E-state index contributed by atoms with van der Waals surface area (Å²) in [5.74, 6) is 0.576. The first kappa shape index (κ1) is 12.9. The lowest BCUT2D eigenvalue weighted by atomic mass is 10.2. The number of aryl methyl sites for hydroxylation is 1. The van der Waals surface area contributed by atoms with Crippen molar-refractivity contribution in [3.8, 4) is 5.75 Å². The maximum atomic E-state index is 13.5. The fourth-order valence-electron chi connectivity index (χ4n) is 1.88. The molecule has 3 rings (SSSR count). The number of anilines is 2. The number of halogens is 1. The highest BCUT2D eigenvalue weighted by atomic mass is 32.1. The number of methoxy groups -OCH3 is 1. The van der Waals surface area contributed by atoms with Crippen LogP contribution in [0.25, 0.3) is 10.2 Å². The van der Waals surface area contributed by atoms with Crippen LogP contribution in [-0.4, -0.2) is 12.1 Å². The molecule has 0 aliphatic carbocycles. The SMILES string of the molecule is COc1ccc2nc(Nc3ccc(C)c(F)c3)sc2c1. The molecule has 0 spiro atoms. The van der Waals surface area contributed by atoms with Crippen LogP contribution in [0.15, 0.2) is 36.4 Å². The van der Waals surface area contributed by atoms with Gasteiger partial charge in [-0.1, -0.05) is 17.4 Å². The molecule has 0 amide bonds. The van der Waals surface area contributed by atoms with Gasteiger partial charge in [-0.05, 0) is 42.8 Å². The molecule has 0 bridgehead atoms. The van der Waals surface area contributed by atoms with Crippen molar-refractivity contribution >= 4 is 32.4 Å². The fraction of sp³-hybridized carbons (Fsp3) is 0.133. The first-order valence-electron chi connectivity index (χ1n) is 6.13. The van der Waals surface area contributed by atoms with E-state index in [9.17, 15) is 4.39 Å². The Morgan fingerprint density at radius 3 is 2.80 bits per heavy atom. The number of hydrogen-bond acceptors (Lipinski definition) is 4. The molecule has 5 heteroatoms. The van der Waals surface area contributed by atoms with Gasteiger partial charge in [0.1, 0.15) is 11.6 Å². The molecule has 0 unspecified atom stereocenters. The first-order chi connectivity index (χ1) is 9.65. The van der Waals surface area contributed by atoms with Gasteiger partial charge in [0.15, 0.2) is 5.13 Å². The number of aromatic nitrogens is 1. The molecule has 1 N–H and O–H groups in total. The minimum Gasteiger partial charge on any atom is -0.497 e. The van der Waals surface area contributed by atoms with Crippen LogP contribution in [0.4, 0.5) is 15.2 Å². The summed E-state index contributed by atoms with van der Waals surface area (Å²) in [6.45, 7) is 1.74. The van der Waals surface area contributed by atoms with Crippen LogP contribution in [0, 0.1) is 12.7 Å². The van der Waals surface area contributed by atoms with Crippen molar-refractivity contribution in [2.45, 2.75) is 6.92 Å². The number of fused-ring (bicyclic) bond motifs is 1. The fourth-order valence-corrected chi connectivity index (χ4v) is 2.79. The number of rotatable bonds is 3. The topological polar surface area (TPSA) is 34.1 Å². The molecule has 0 radical (unpaired) electrons. The summed E-state index contributed by atoms with van der Waals surface area (Å²) in [5, 5.41) is 3.86. The molecule has 1 heterocycles. The van der Waals surface area contributed by atoms with Gasteiger partial charge < -0.3 is 10.1 Å². The predicted molar refractivity (Wildman–Crippen MR) is 80.6 cm³/mol. The van der Waals surface area contributed by atoms with Gasteiger partial charge in [-0.15, -0.1) is 0 Å². The van der Waals surface area contributed by atoms with Gasteiger partial charge in [-0.25, -0.2) is 9.37 Å². The number of hydrogen-bond donors (Lipinski definition) is 1. The van der Waals surface area contributed by atoms with E-state index in [0.717, 1.165) is 21.1 Å². The number of ether oxygens (including phenoxy) is 1. The van der Waals surface area contributed by atoms with Crippen molar-refractivity contribution in [2.75, 3.05) is 12.4 Å². The second kappa shape index (κ2) is 5.09. The van der Waals surface area contributed by atoms with Gasteiger partial charge in [-0.2, -0.15) is 0 Å². The smallest absolute Gasteiger partial charge is 0.188 e. The Morgan fingerprint density at radius 2 is 2.05 bits per heavy atom. The normalized spacial score (nSPS) is 10.8. The Bertz CT molecular complexity index is 770. The van der Waals surface area contributed by atoms with Gasteiger partial charge in [0, 0.05) is 5.69 Å². The van der Waals surface area contributed by atoms with Crippen LogP contribution in [0.3, 0.4) is 0 Å². The quantitative estimate of drug-likeness (QED) is 0.770. The van der Waals surface area contributed by atoms with Crippen LogP contribution in [0.1, 0.15) is 5.56 Å². The van der Waals surface area contributed by atoms with Crippen LogP contribution in [0.2, 0.25) is 0 Å². The second-order valence-corrected chi connectivity index (χ2v) is 5.47. The first-order valence-corrected chi connectivity index (χ1v) is 6.95. The van der Waals surface area contributed by atoms with Crippen molar-refractivity contribution < 1.29 is 9.13 Å². The molecule has 3 aromatic rings. The number of nitrogens with zero attached hydrogens (tertiary/aromatic N) is 1. The second-order valence-electron chi connectivity index (χ2n) is 4.44. The molecule has 0 saturated heterocycles. The highest BCUT2D eigenvalue weighted by Crippen LogP contribution is 2.31. The summed E-state index contributed by atoms with van der Waals surface area (Å²) in [5.41, 5.74) is 2.22. The molecule has 1 aromatic heterocycles. The Labute approximate surface area is 120 Å². The molecule has 102 valence electrons. The Balaban J connectivity index is 1.92. The average molecular weight is 288 g/mol. The Morgan fingerprint density at radius 1 is 1.20 bits per heavy atom. The molecule has 2 aromatic carbocycles. The van der Waals surface area contributed by atoms with Gasteiger partial charge in [-0.3, -0.25) is 0 Å². The van der Waals surface area contributed by atoms with Crippen molar-refractivity contribution in [1.82, 2.24) is 4.98 Å². The van der Waals surface area contributed by atoms with Gasteiger partial charge in [0.05, 0.1) is 17.3 Å². The zero-order chi connectivity index (χ0) is 14.1. The minimum atomic E-state index is -0.224. The highest BCUT2D eigenvalue weighted by molar-refractivity contribution is 7.22. The lowest BCUT2D eigenvalue weighted by Gasteiger charge is -2.03. The maximum Gasteiger partial charge on any atom is 0.188 e. The van der Waals surface area contributed by atoms with Gasteiger partial charge in [0.25, 0.3) is 0 Å². The summed E-state index contributed by atoms with van der Waals surface area (Å²) < 4.78 is 19.7. The third kappa shape index (κ3) is 2.44. The lowest BCUT2D eigenvalue weighted by molar-refractivity contribution is 0.415. The summed E-state index contributed by atoms with van der Waals surface area (Å²) in [6.07, 6.45) is 0. The van der Waals surface area contributed by atoms with Crippen molar-refractivity contribution in [1.29, 1.82) is 0 Å². The number of nitrogens with one attached hydrogen (secondary N) is 1. The molecule has 0 fully saturated rings. The van der Waals surface area contributed by atoms with Crippen LogP contribution < -0.4 is 10.1 Å². The van der Waals surface area contributed by atoms with E-state index in [0.29, 0.717) is 11.3 Å². The number of thiazole rings is 1. The predicted octanol–water partition coefficient (Wildman–Crippen LogP) is 4.50. The molecule has 0 atom stereocenters. The Hall–Kier alpha value is -2.14. The largest absolute Gasteiger partial charge is 0.497 e. The van der Waals surface area contributed by atoms with Crippen molar-refractivity contribution in [3.05, 3.63) is 47.8 Å². The lowest BCUT2D eigenvalue weighted by Crippen LogP contribution is -1.91. The van der Waals surface area contributed by atoms with Crippen LogP contribution in [0.5, 0.6) is 5.75 Å². The minimum absolute atomic E-state index is 0.224. The van der Waals surface area contributed by atoms with Crippen molar-refractivity contribution in [3.63, 3.8) is 0 Å². The summed E-state index contributed by atoms with van der Waals surface area (Å²) >= 11 is 1.51. The summed E-state index contributed by atoms with van der Waals surface area (Å²) in [7, 11) is 1.64. The number of benzene rings is 2. The van der Waals surface area contributed by atoms with E-state index in [4.69, 9.17) is 4.74 Å². The third-order valence-electron chi connectivity index (χ3n) is 3.02. The van der Waals surface area contributed by atoms with E-state index in [1.54, 1.807) is 20.1 Å². The summed E-state index contributed by atoms with van der Waals surface area (Å²) in [4.78, 5) is 4.46. The zero-order valence-electron chi connectivity index (χ0n) is 11.1. The monoisotopic (exact) mass is 288 g/mol. The molecule has 3 nitrogen and oxygen atoms in total. The molecule has 0 aliphatic rings. The molecular formula is C15H13FN2OS. The standard InChI is InChI=1S/C15H13FN2OS/c1-9-3-4-10(7-12(9)16)17-15-18-13-6-5-11(19-2)8-14(13)20-15/h3-8H,1-2H3,(H,17,18). The molecule has 0 saturated carbocycles. The van der Waals surface area contributed by atoms with E-state index < -0.39 is 0 Å². The van der Waals surface area contributed by atoms with Crippen LogP contribution >= 0.6 is 11.3 Å². The van der Waals surface area contributed by atoms with E-state index >= 15 is 0 Å². The summed E-state index contributed by atoms with van der Waals surface area (Å²) in [6, 6.07) is 10.8. The van der Waals surface area contributed by atoms with E-state index in [1.807, 2.05) is 24.3 Å². The highest BCUT2D eigenvalue weighted by Gasteiger charge is 2.06. The Kier molecular flexibility index (Phi) is 3.28. The van der Waals surface area contributed by atoms with E-state index in [1.165, 1.54) is 17.4 Å². The van der Waals surface area contributed by atoms with E-state index in [2.05, 4.69) is 10.3 Å². The average Bonchev–Trinajstić information content (AvgIpc) is 2.84. The van der Waals surface area contributed by atoms with Gasteiger partial charge >= 0.3 is 0 Å². The van der Waals surface area contributed by atoms with Gasteiger partial charge in [0.2, 0.25) is 0 Å². The maximum absolute atomic E-state index is 13.5. The van der Waals surface area contributed by atoms with Crippen LogP contribution in [-0.2, 0) is 0 Å². The van der Waals surface area contributed by atoms with E-state index in [-0.39, 0.29) is 5.82 Å². The van der Waals surface area contributed by atoms with Crippen molar-refractivity contribution in [2.24, 2.45) is 0 Å². The molecule has 0 aliphatic heterocycles. The molecule has 20 heavy (non-hydrogen) atoms. The molecular weight excluding hydrogens is 275 g/mol.